The van der Waals surface area contributed by atoms with Crippen LogP contribution in [0.5, 0.6) is 0 Å². The molecule has 0 aromatic heterocycles. The minimum Gasteiger partial charge on any atom is -0.300 e. The van der Waals surface area contributed by atoms with Crippen LogP contribution in [-0.2, 0) is 16.6 Å². The predicted molar refractivity (Wildman–Crippen MR) is 77.9 cm³/mol. The molecule has 0 aliphatic rings. The zero-order chi connectivity index (χ0) is 13.8. The Morgan fingerprint density at radius 2 is 1.72 bits per heavy atom. The molecule has 0 spiro atoms. The molecule has 1 unspecified atom stereocenters. The smallest absolute Gasteiger partial charge is 0.129 e. The number of benzene rings is 1. The second-order valence-electron chi connectivity index (χ2n) is 6.50. The summed E-state index contributed by atoms with van der Waals surface area (Å²) in [6.45, 7) is 10.6. The van der Waals surface area contributed by atoms with E-state index in [1.165, 1.54) is 11.1 Å². The fourth-order valence-corrected chi connectivity index (χ4v) is 2.09. The summed E-state index contributed by atoms with van der Waals surface area (Å²) < 4.78 is 0. The van der Waals surface area contributed by atoms with E-state index in [0.29, 0.717) is 18.1 Å². The van der Waals surface area contributed by atoms with E-state index in [4.69, 9.17) is 0 Å². The van der Waals surface area contributed by atoms with E-state index < -0.39 is 0 Å². The van der Waals surface area contributed by atoms with Crippen LogP contribution in [0.3, 0.4) is 0 Å². The maximum absolute atomic E-state index is 11.0. The SMILES string of the molecule is CC(=O)CCC(C)Cc1ccc(C(C)(C)C)cc1. The van der Waals surface area contributed by atoms with Gasteiger partial charge in [0.1, 0.15) is 5.78 Å². The van der Waals surface area contributed by atoms with Gasteiger partial charge >= 0.3 is 0 Å². The molecule has 1 nitrogen and oxygen atoms in total. The molecule has 0 saturated carbocycles. The lowest BCUT2D eigenvalue weighted by atomic mass is 9.86. The van der Waals surface area contributed by atoms with Gasteiger partial charge in [-0.1, -0.05) is 52.0 Å². The Bertz CT molecular complexity index is 381. The average Bonchev–Trinajstić information content (AvgIpc) is 2.26. The van der Waals surface area contributed by atoms with Gasteiger partial charge in [-0.3, -0.25) is 0 Å². The van der Waals surface area contributed by atoms with Crippen LogP contribution in [0.4, 0.5) is 0 Å². The molecule has 1 aromatic rings. The Hall–Kier alpha value is -1.11. The van der Waals surface area contributed by atoms with Gasteiger partial charge in [0, 0.05) is 6.42 Å². The Morgan fingerprint density at radius 3 is 2.17 bits per heavy atom. The van der Waals surface area contributed by atoms with E-state index >= 15 is 0 Å². The van der Waals surface area contributed by atoms with Gasteiger partial charge in [-0.15, -0.1) is 0 Å². The first-order valence-corrected chi connectivity index (χ1v) is 6.88. The molecule has 0 saturated heterocycles. The van der Waals surface area contributed by atoms with Crippen molar-refractivity contribution in [1.29, 1.82) is 0 Å². The van der Waals surface area contributed by atoms with Gasteiger partial charge in [-0.05, 0) is 42.2 Å². The lowest BCUT2D eigenvalue weighted by molar-refractivity contribution is -0.117. The molecular formula is C17H26O. The topological polar surface area (TPSA) is 17.1 Å². The number of hydrogen-bond acceptors (Lipinski definition) is 1. The second kappa shape index (κ2) is 6.17. The van der Waals surface area contributed by atoms with Crippen LogP contribution in [0, 0.1) is 5.92 Å². The summed E-state index contributed by atoms with van der Waals surface area (Å²) in [5.41, 5.74) is 2.97. The van der Waals surface area contributed by atoms with Gasteiger partial charge < -0.3 is 4.79 Å². The third kappa shape index (κ3) is 5.03. The molecule has 1 heteroatoms. The molecule has 1 aromatic carbocycles. The van der Waals surface area contributed by atoms with Crippen molar-refractivity contribution in [2.45, 2.75) is 59.3 Å². The van der Waals surface area contributed by atoms with Crippen molar-refractivity contribution in [2.24, 2.45) is 5.92 Å². The first-order chi connectivity index (χ1) is 8.29. The zero-order valence-corrected chi connectivity index (χ0v) is 12.4. The van der Waals surface area contributed by atoms with Crippen LogP contribution in [0.25, 0.3) is 0 Å². The summed E-state index contributed by atoms with van der Waals surface area (Å²) in [5.74, 6) is 0.874. The number of carbonyl (C=O) groups excluding carboxylic acids is 1. The first-order valence-electron chi connectivity index (χ1n) is 6.88. The molecule has 0 bridgehead atoms. The van der Waals surface area contributed by atoms with Gasteiger partial charge in [0.15, 0.2) is 0 Å². The predicted octanol–water partition coefficient (Wildman–Crippen LogP) is 4.53. The maximum atomic E-state index is 11.0. The molecule has 1 rings (SSSR count). The molecule has 0 fully saturated rings. The number of rotatable bonds is 5. The van der Waals surface area contributed by atoms with Gasteiger partial charge in [0.2, 0.25) is 0 Å². The molecule has 0 aliphatic heterocycles. The lowest BCUT2D eigenvalue weighted by Gasteiger charge is -2.19. The van der Waals surface area contributed by atoms with Crippen molar-refractivity contribution in [2.75, 3.05) is 0 Å². The molecule has 0 N–H and O–H groups in total. The van der Waals surface area contributed by atoms with Crippen molar-refractivity contribution in [3.63, 3.8) is 0 Å². The lowest BCUT2D eigenvalue weighted by Crippen LogP contribution is -2.11. The highest BCUT2D eigenvalue weighted by Crippen LogP contribution is 2.23. The summed E-state index contributed by atoms with van der Waals surface area (Å²) in [5, 5.41) is 0. The molecule has 0 amide bonds. The molecular weight excluding hydrogens is 220 g/mol. The maximum Gasteiger partial charge on any atom is 0.129 e. The quantitative estimate of drug-likeness (QED) is 0.746. The van der Waals surface area contributed by atoms with E-state index in [1.807, 2.05) is 0 Å². The third-order valence-electron chi connectivity index (χ3n) is 3.39. The molecule has 1 atom stereocenters. The van der Waals surface area contributed by atoms with Crippen molar-refractivity contribution >= 4 is 5.78 Å². The van der Waals surface area contributed by atoms with Gasteiger partial charge in [0.05, 0.1) is 0 Å². The van der Waals surface area contributed by atoms with E-state index in [9.17, 15) is 4.79 Å². The summed E-state index contributed by atoms with van der Waals surface area (Å²) in [7, 11) is 0. The minimum absolute atomic E-state index is 0.221. The van der Waals surface area contributed by atoms with Crippen LogP contribution in [0.15, 0.2) is 24.3 Å². The average molecular weight is 246 g/mol. The number of Topliss-reactive ketones (excluding diaryl/α,β-unsaturated/α-hetero) is 1. The van der Waals surface area contributed by atoms with Crippen LogP contribution in [-0.4, -0.2) is 5.78 Å². The Balaban J connectivity index is 2.56. The number of hydrogen-bond donors (Lipinski definition) is 0. The molecule has 0 heterocycles. The van der Waals surface area contributed by atoms with Crippen LogP contribution < -0.4 is 0 Å². The fourth-order valence-electron chi connectivity index (χ4n) is 2.09. The summed E-state index contributed by atoms with van der Waals surface area (Å²) in [6, 6.07) is 8.91. The zero-order valence-electron chi connectivity index (χ0n) is 12.4. The highest BCUT2D eigenvalue weighted by Gasteiger charge is 2.13. The van der Waals surface area contributed by atoms with Gasteiger partial charge in [0.25, 0.3) is 0 Å². The van der Waals surface area contributed by atoms with E-state index in [0.717, 1.165) is 12.8 Å². The largest absolute Gasteiger partial charge is 0.300 e. The summed E-state index contributed by atoms with van der Waals surface area (Å²) in [4.78, 5) is 11.0. The van der Waals surface area contributed by atoms with Crippen molar-refractivity contribution in [1.82, 2.24) is 0 Å². The molecule has 18 heavy (non-hydrogen) atoms. The molecule has 0 radical (unpaired) electrons. The molecule has 100 valence electrons. The van der Waals surface area contributed by atoms with E-state index in [2.05, 4.69) is 52.0 Å². The first kappa shape index (κ1) is 14.9. The Kier molecular flexibility index (Phi) is 5.13. The molecule has 0 aliphatic carbocycles. The Morgan fingerprint density at radius 1 is 1.17 bits per heavy atom. The second-order valence-corrected chi connectivity index (χ2v) is 6.50. The highest BCUT2D eigenvalue weighted by molar-refractivity contribution is 5.75. The van der Waals surface area contributed by atoms with Crippen molar-refractivity contribution in [3.05, 3.63) is 35.4 Å². The van der Waals surface area contributed by atoms with Gasteiger partial charge in [-0.25, -0.2) is 0 Å². The third-order valence-corrected chi connectivity index (χ3v) is 3.39. The number of ketones is 1. The Labute approximate surface area is 112 Å². The summed E-state index contributed by atoms with van der Waals surface area (Å²) in [6.07, 6.45) is 2.77. The van der Waals surface area contributed by atoms with E-state index in [1.54, 1.807) is 6.92 Å². The van der Waals surface area contributed by atoms with Crippen LogP contribution in [0.2, 0.25) is 0 Å². The minimum atomic E-state index is 0.221. The van der Waals surface area contributed by atoms with E-state index in [-0.39, 0.29) is 5.41 Å². The van der Waals surface area contributed by atoms with Crippen molar-refractivity contribution < 1.29 is 4.79 Å². The van der Waals surface area contributed by atoms with Crippen LogP contribution >= 0.6 is 0 Å². The summed E-state index contributed by atoms with van der Waals surface area (Å²) >= 11 is 0. The number of carbonyl (C=O) groups is 1. The van der Waals surface area contributed by atoms with Crippen molar-refractivity contribution in [3.8, 4) is 0 Å². The monoisotopic (exact) mass is 246 g/mol. The standard InChI is InChI=1S/C17H26O/c1-13(6-7-14(2)18)12-15-8-10-16(11-9-15)17(3,4)5/h8-11,13H,6-7,12H2,1-5H3. The normalized spacial score (nSPS) is 13.4. The highest BCUT2D eigenvalue weighted by atomic mass is 16.1. The van der Waals surface area contributed by atoms with Gasteiger partial charge in [-0.2, -0.15) is 0 Å². The van der Waals surface area contributed by atoms with Crippen LogP contribution in [0.1, 0.15) is 58.6 Å². The fraction of sp³-hybridized carbons (Fsp3) is 0.588.